The maximum atomic E-state index is 13.1. The highest BCUT2D eigenvalue weighted by molar-refractivity contribution is 6.31. The molecule has 1 unspecified atom stereocenters. The molecular weight excluding hydrogens is 352 g/mol. The summed E-state index contributed by atoms with van der Waals surface area (Å²) in [5, 5.41) is 0.445. The zero-order valence-corrected chi connectivity index (χ0v) is 15.8. The summed E-state index contributed by atoms with van der Waals surface area (Å²) in [5.41, 5.74) is 6.26. The fourth-order valence-corrected chi connectivity index (χ4v) is 3.21. The van der Waals surface area contributed by atoms with Gasteiger partial charge in [-0.25, -0.2) is 4.39 Å². The first-order valence-corrected chi connectivity index (χ1v) is 8.46. The summed E-state index contributed by atoms with van der Waals surface area (Å²) in [5.74, 6) is -0.300. The molecule has 1 saturated heterocycles. The Bertz CT molecular complexity index is 561. The third-order valence-electron chi connectivity index (χ3n) is 4.33. The van der Waals surface area contributed by atoms with Crippen LogP contribution < -0.4 is 5.73 Å². The van der Waals surface area contributed by atoms with Crippen LogP contribution in [-0.2, 0) is 11.3 Å². The number of rotatable bonds is 5. The second kappa shape index (κ2) is 8.99. The minimum atomic E-state index is -0.781. The van der Waals surface area contributed by atoms with Crippen molar-refractivity contribution in [2.24, 2.45) is 5.73 Å². The average molecular weight is 378 g/mol. The van der Waals surface area contributed by atoms with Gasteiger partial charge in [0.1, 0.15) is 5.82 Å². The second-order valence-electron chi connectivity index (χ2n) is 6.47. The Morgan fingerprint density at radius 1 is 1.33 bits per heavy atom. The average Bonchev–Trinajstić information content (AvgIpc) is 2.50. The lowest BCUT2D eigenvalue weighted by Crippen LogP contribution is -2.58. The highest BCUT2D eigenvalue weighted by atomic mass is 35.5. The summed E-state index contributed by atoms with van der Waals surface area (Å²) in [6.45, 7) is 7.36. The first-order chi connectivity index (χ1) is 10.8. The van der Waals surface area contributed by atoms with Crippen LogP contribution in [0.3, 0.4) is 0 Å². The molecule has 4 nitrogen and oxygen atoms in total. The van der Waals surface area contributed by atoms with E-state index in [0.717, 1.165) is 25.1 Å². The van der Waals surface area contributed by atoms with Gasteiger partial charge < -0.3 is 10.6 Å². The number of amides is 1. The number of nitrogens with zero attached hydrogens (tertiary/aromatic N) is 2. The Morgan fingerprint density at radius 3 is 2.50 bits per heavy atom. The summed E-state index contributed by atoms with van der Waals surface area (Å²) in [6, 6.07) is 4.47. The molecule has 0 spiro atoms. The van der Waals surface area contributed by atoms with E-state index < -0.39 is 5.54 Å². The number of piperazine rings is 1. The van der Waals surface area contributed by atoms with E-state index in [1.807, 2.05) is 18.7 Å². The number of halogens is 3. The standard InChI is InChI=1S/C17H25ClFN3O.ClH/c1-3-6-17(2,20)16(23)22-9-7-21(8-10-22)12-13-4-5-14(19)11-15(13)18;/h4-5,11H,3,6-10,12,20H2,1-2H3;1H. The summed E-state index contributed by atoms with van der Waals surface area (Å²) in [6.07, 6.45) is 1.58. The molecule has 24 heavy (non-hydrogen) atoms. The van der Waals surface area contributed by atoms with Crippen LogP contribution in [-0.4, -0.2) is 47.4 Å². The lowest BCUT2D eigenvalue weighted by Gasteiger charge is -2.38. The maximum absolute atomic E-state index is 13.1. The van der Waals surface area contributed by atoms with Gasteiger partial charge in [0.25, 0.3) is 0 Å². The van der Waals surface area contributed by atoms with Crippen molar-refractivity contribution < 1.29 is 9.18 Å². The van der Waals surface area contributed by atoms with E-state index in [-0.39, 0.29) is 24.1 Å². The predicted molar refractivity (Wildman–Crippen MR) is 98.0 cm³/mol. The number of hydrogen-bond acceptors (Lipinski definition) is 3. The fourth-order valence-electron chi connectivity index (χ4n) is 2.99. The molecule has 0 bridgehead atoms. The Hall–Kier alpha value is -0.880. The molecule has 1 aromatic rings. The van der Waals surface area contributed by atoms with E-state index in [2.05, 4.69) is 4.90 Å². The third-order valence-corrected chi connectivity index (χ3v) is 4.68. The molecule has 2 rings (SSSR count). The summed E-state index contributed by atoms with van der Waals surface area (Å²) < 4.78 is 13.1. The number of carbonyl (C=O) groups is 1. The first-order valence-electron chi connectivity index (χ1n) is 8.08. The van der Waals surface area contributed by atoms with E-state index >= 15 is 0 Å². The summed E-state index contributed by atoms with van der Waals surface area (Å²) in [4.78, 5) is 16.6. The van der Waals surface area contributed by atoms with Gasteiger partial charge in [-0.3, -0.25) is 9.69 Å². The lowest BCUT2D eigenvalue weighted by molar-refractivity contribution is -0.138. The van der Waals surface area contributed by atoms with Crippen LogP contribution >= 0.6 is 24.0 Å². The van der Waals surface area contributed by atoms with Gasteiger partial charge in [0.05, 0.1) is 5.54 Å². The fraction of sp³-hybridized carbons (Fsp3) is 0.588. The maximum Gasteiger partial charge on any atom is 0.242 e. The van der Waals surface area contributed by atoms with Crippen LogP contribution in [0.5, 0.6) is 0 Å². The molecular formula is C17H26Cl2FN3O. The van der Waals surface area contributed by atoms with E-state index in [0.29, 0.717) is 31.1 Å². The predicted octanol–water partition coefficient (Wildman–Crippen LogP) is 3.06. The van der Waals surface area contributed by atoms with Crippen LogP contribution in [0.1, 0.15) is 32.3 Å². The molecule has 1 atom stereocenters. The van der Waals surface area contributed by atoms with Crippen molar-refractivity contribution in [3.63, 3.8) is 0 Å². The molecule has 1 aliphatic rings. The largest absolute Gasteiger partial charge is 0.339 e. The van der Waals surface area contributed by atoms with E-state index in [1.165, 1.54) is 12.1 Å². The SMILES string of the molecule is CCCC(C)(N)C(=O)N1CCN(Cc2ccc(F)cc2Cl)CC1.Cl. The van der Waals surface area contributed by atoms with Crippen molar-refractivity contribution in [2.45, 2.75) is 38.8 Å². The van der Waals surface area contributed by atoms with E-state index in [9.17, 15) is 9.18 Å². The molecule has 1 heterocycles. The Kier molecular flexibility index (Phi) is 7.93. The normalized spacial score (nSPS) is 18.0. The van der Waals surface area contributed by atoms with Gasteiger partial charge in [0, 0.05) is 37.7 Å². The molecule has 0 radical (unpaired) electrons. The molecule has 1 fully saturated rings. The zero-order chi connectivity index (χ0) is 17.0. The van der Waals surface area contributed by atoms with Crippen molar-refractivity contribution in [1.82, 2.24) is 9.80 Å². The Balaban J connectivity index is 0.00000288. The van der Waals surface area contributed by atoms with Gasteiger partial charge in [-0.05, 0) is 31.0 Å². The molecule has 0 aliphatic carbocycles. The molecule has 0 aromatic heterocycles. The highest BCUT2D eigenvalue weighted by Crippen LogP contribution is 2.20. The zero-order valence-electron chi connectivity index (χ0n) is 14.2. The van der Waals surface area contributed by atoms with E-state index in [4.69, 9.17) is 17.3 Å². The topological polar surface area (TPSA) is 49.6 Å². The van der Waals surface area contributed by atoms with Crippen molar-refractivity contribution in [1.29, 1.82) is 0 Å². The van der Waals surface area contributed by atoms with Gasteiger partial charge in [-0.1, -0.05) is 31.0 Å². The number of nitrogens with two attached hydrogens (primary N) is 1. The first kappa shape index (κ1) is 21.2. The Morgan fingerprint density at radius 2 is 1.96 bits per heavy atom. The minimum Gasteiger partial charge on any atom is -0.339 e. The lowest BCUT2D eigenvalue weighted by atomic mass is 9.95. The molecule has 2 N–H and O–H groups in total. The second-order valence-corrected chi connectivity index (χ2v) is 6.88. The quantitative estimate of drug-likeness (QED) is 0.857. The molecule has 7 heteroatoms. The number of benzene rings is 1. The summed E-state index contributed by atoms with van der Waals surface area (Å²) >= 11 is 6.07. The third kappa shape index (κ3) is 5.31. The van der Waals surface area contributed by atoms with Gasteiger partial charge in [-0.15, -0.1) is 12.4 Å². The minimum absolute atomic E-state index is 0. The Labute approximate surface area is 154 Å². The highest BCUT2D eigenvalue weighted by Gasteiger charge is 2.33. The van der Waals surface area contributed by atoms with Crippen molar-refractivity contribution in [3.05, 3.63) is 34.6 Å². The van der Waals surface area contributed by atoms with Crippen LogP contribution in [0.2, 0.25) is 5.02 Å². The van der Waals surface area contributed by atoms with Gasteiger partial charge >= 0.3 is 0 Å². The number of hydrogen-bond donors (Lipinski definition) is 1. The van der Waals surface area contributed by atoms with Gasteiger partial charge in [-0.2, -0.15) is 0 Å². The number of carbonyl (C=O) groups excluding carboxylic acids is 1. The van der Waals surface area contributed by atoms with E-state index in [1.54, 1.807) is 6.07 Å². The van der Waals surface area contributed by atoms with Crippen LogP contribution in [0.4, 0.5) is 4.39 Å². The smallest absolute Gasteiger partial charge is 0.242 e. The van der Waals surface area contributed by atoms with Crippen LogP contribution in [0.15, 0.2) is 18.2 Å². The van der Waals surface area contributed by atoms with Crippen molar-refractivity contribution in [3.8, 4) is 0 Å². The molecule has 136 valence electrons. The molecule has 1 aliphatic heterocycles. The van der Waals surface area contributed by atoms with Crippen LogP contribution in [0, 0.1) is 5.82 Å². The van der Waals surface area contributed by atoms with Gasteiger partial charge in [0.2, 0.25) is 5.91 Å². The van der Waals surface area contributed by atoms with Crippen molar-refractivity contribution >= 4 is 29.9 Å². The van der Waals surface area contributed by atoms with Gasteiger partial charge in [0.15, 0.2) is 0 Å². The van der Waals surface area contributed by atoms with Crippen molar-refractivity contribution in [2.75, 3.05) is 26.2 Å². The van der Waals surface area contributed by atoms with Crippen LogP contribution in [0.25, 0.3) is 0 Å². The monoisotopic (exact) mass is 377 g/mol. The molecule has 0 saturated carbocycles. The molecule has 1 aromatic carbocycles. The molecule has 1 amide bonds. The summed E-state index contributed by atoms with van der Waals surface area (Å²) in [7, 11) is 0.